The molecular formula is C14H15BrF2N2O2. The Hall–Kier alpha value is -1.50. The molecule has 114 valence electrons. The van der Waals surface area contributed by atoms with Crippen molar-refractivity contribution in [3.8, 4) is 0 Å². The van der Waals surface area contributed by atoms with Crippen LogP contribution in [-0.2, 0) is 9.59 Å². The van der Waals surface area contributed by atoms with Gasteiger partial charge in [0.05, 0.1) is 10.2 Å². The van der Waals surface area contributed by atoms with E-state index in [-0.39, 0.29) is 22.0 Å². The molecule has 2 amide bonds. The summed E-state index contributed by atoms with van der Waals surface area (Å²) in [6.45, 7) is 5.00. The summed E-state index contributed by atoms with van der Waals surface area (Å²) in [5.74, 6) is -2.54. The Morgan fingerprint density at radius 2 is 1.86 bits per heavy atom. The zero-order valence-corrected chi connectivity index (χ0v) is 13.4. The molecule has 1 fully saturated rings. The molecule has 0 radical (unpaired) electrons. The summed E-state index contributed by atoms with van der Waals surface area (Å²) in [4.78, 5) is 25.5. The van der Waals surface area contributed by atoms with Crippen LogP contribution in [0.25, 0.3) is 0 Å². The SMILES string of the molecule is CC1NC(=O)C(C(C)C)N(c2cc(F)c(Br)cc2F)C1=O. The Kier molecular flexibility index (Phi) is 4.32. The van der Waals surface area contributed by atoms with Crippen molar-refractivity contribution in [2.45, 2.75) is 32.9 Å². The van der Waals surface area contributed by atoms with Crippen molar-refractivity contribution in [1.29, 1.82) is 0 Å². The highest BCUT2D eigenvalue weighted by molar-refractivity contribution is 9.10. The van der Waals surface area contributed by atoms with Crippen molar-refractivity contribution in [3.05, 3.63) is 28.2 Å². The standard InChI is InChI=1S/C14H15BrF2N2O2/c1-6(2)12-13(20)18-7(3)14(21)19(12)11-5-9(16)8(15)4-10(11)17/h4-7,12H,1-3H3,(H,18,20). The molecule has 2 unspecified atom stereocenters. The van der Waals surface area contributed by atoms with E-state index in [9.17, 15) is 18.4 Å². The minimum absolute atomic E-state index is 0.0354. The van der Waals surface area contributed by atoms with Gasteiger partial charge in [0, 0.05) is 6.07 Å². The molecule has 7 heteroatoms. The van der Waals surface area contributed by atoms with Gasteiger partial charge in [0.15, 0.2) is 0 Å². The molecule has 2 rings (SSSR count). The second-order valence-corrected chi connectivity index (χ2v) is 6.20. The third-order valence-electron chi connectivity index (χ3n) is 3.39. The highest BCUT2D eigenvalue weighted by Gasteiger charge is 2.42. The van der Waals surface area contributed by atoms with Crippen molar-refractivity contribution < 1.29 is 18.4 Å². The normalized spacial score (nSPS) is 22.7. The second-order valence-electron chi connectivity index (χ2n) is 5.35. The Morgan fingerprint density at radius 1 is 1.24 bits per heavy atom. The van der Waals surface area contributed by atoms with Crippen LogP contribution in [0.15, 0.2) is 16.6 Å². The number of nitrogens with zero attached hydrogens (tertiary/aromatic N) is 1. The fraction of sp³-hybridized carbons (Fsp3) is 0.429. The van der Waals surface area contributed by atoms with Crippen molar-refractivity contribution in [2.75, 3.05) is 4.90 Å². The first-order valence-corrected chi connectivity index (χ1v) is 7.31. The number of nitrogens with one attached hydrogen (secondary N) is 1. The molecule has 1 aromatic rings. The number of halogens is 3. The maximum Gasteiger partial charge on any atom is 0.250 e. The average molecular weight is 361 g/mol. The minimum atomic E-state index is -0.872. The summed E-state index contributed by atoms with van der Waals surface area (Å²) in [6.07, 6.45) is 0. The van der Waals surface area contributed by atoms with E-state index in [0.717, 1.165) is 17.0 Å². The Labute approximate surface area is 129 Å². The number of carbonyl (C=O) groups is 2. The van der Waals surface area contributed by atoms with Crippen LogP contribution in [0, 0.1) is 17.6 Å². The van der Waals surface area contributed by atoms with Gasteiger partial charge in [0.25, 0.3) is 0 Å². The molecule has 0 spiro atoms. The fourth-order valence-electron chi connectivity index (χ4n) is 2.39. The molecule has 1 N–H and O–H groups in total. The van der Waals surface area contributed by atoms with Gasteiger partial charge in [-0.15, -0.1) is 0 Å². The number of rotatable bonds is 2. The molecule has 1 saturated heterocycles. The Morgan fingerprint density at radius 3 is 2.43 bits per heavy atom. The average Bonchev–Trinajstić information content (AvgIpc) is 2.37. The number of carbonyl (C=O) groups excluding carboxylic acids is 2. The smallest absolute Gasteiger partial charge is 0.250 e. The Bertz CT molecular complexity index is 607. The van der Waals surface area contributed by atoms with Crippen LogP contribution in [0.3, 0.4) is 0 Å². The lowest BCUT2D eigenvalue weighted by Gasteiger charge is -2.39. The number of piperazine rings is 1. The van der Waals surface area contributed by atoms with E-state index >= 15 is 0 Å². The summed E-state index contributed by atoms with van der Waals surface area (Å²) in [7, 11) is 0. The van der Waals surface area contributed by atoms with E-state index in [4.69, 9.17) is 0 Å². The molecule has 2 atom stereocenters. The van der Waals surface area contributed by atoms with Crippen LogP contribution < -0.4 is 10.2 Å². The molecule has 21 heavy (non-hydrogen) atoms. The van der Waals surface area contributed by atoms with Crippen LogP contribution in [-0.4, -0.2) is 23.9 Å². The summed E-state index contributed by atoms with van der Waals surface area (Å²) in [6, 6.07) is 0.229. The molecule has 4 nitrogen and oxygen atoms in total. The van der Waals surface area contributed by atoms with Crippen LogP contribution in [0.5, 0.6) is 0 Å². The van der Waals surface area contributed by atoms with E-state index in [0.29, 0.717) is 0 Å². The molecule has 1 aliphatic rings. The van der Waals surface area contributed by atoms with Crippen LogP contribution in [0.2, 0.25) is 0 Å². The van der Waals surface area contributed by atoms with E-state index in [1.54, 1.807) is 13.8 Å². The van der Waals surface area contributed by atoms with Crippen molar-refractivity contribution >= 4 is 33.4 Å². The van der Waals surface area contributed by atoms with Crippen molar-refractivity contribution in [3.63, 3.8) is 0 Å². The first kappa shape index (κ1) is 15.9. The number of amides is 2. The van der Waals surface area contributed by atoms with Gasteiger partial charge in [-0.1, -0.05) is 13.8 Å². The number of hydrogen-bond acceptors (Lipinski definition) is 2. The van der Waals surface area contributed by atoms with E-state index in [1.807, 2.05) is 0 Å². The summed E-state index contributed by atoms with van der Waals surface area (Å²) < 4.78 is 27.8. The van der Waals surface area contributed by atoms with Crippen molar-refractivity contribution in [1.82, 2.24) is 5.32 Å². The first-order chi connectivity index (χ1) is 9.73. The zero-order chi connectivity index (χ0) is 15.9. The topological polar surface area (TPSA) is 49.4 Å². The molecule has 0 bridgehead atoms. The second kappa shape index (κ2) is 5.71. The predicted octanol–water partition coefficient (Wildman–Crippen LogP) is 2.60. The first-order valence-electron chi connectivity index (χ1n) is 6.52. The quantitative estimate of drug-likeness (QED) is 0.824. The van der Waals surface area contributed by atoms with Crippen LogP contribution in [0.4, 0.5) is 14.5 Å². The maximum absolute atomic E-state index is 14.2. The van der Waals surface area contributed by atoms with E-state index < -0.39 is 29.6 Å². The van der Waals surface area contributed by atoms with Crippen molar-refractivity contribution in [2.24, 2.45) is 5.92 Å². The minimum Gasteiger partial charge on any atom is -0.343 e. The number of benzene rings is 1. The summed E-state index contributed by atoms with van der Waals surface area (Å²) in [5.41, 5.74) is -0.221. The molecule has 1 heterocycles. The van der Waals surface area contributed by atoms with Gasteiger partial charge in [0.1, 0.15) is 23.7 Å². The predicted molar refractivity (Wildman–Crippen MR) is 77.8 cm³/mol. The Balaban J connectivity index is 2.58. The molecule has 0 saturated carbocycles. The molecular weight excluding hydrogens is 346 g/mol. The van der Waals surface area contributed by atoms with Gasteiger partial charge in [-0.05, 0) is 34.8 Å². The zero-order valence-electron chi connectivity index (χ0n) is 11.8. The van der Waals surface area contributed by atoms with Gasteiger partial charge >= 0.3 is 0 Å². The lowest BCUT2D eigenvalue weighted by molar-refractivity contribution is -0.134. The highest BCUT2D eigenvalue weighted by atomic mass is 79.9. The largest absolute Gasteiger partial charge is 0.343 e. The molecule has 0 aliphatic carbocycles. The number of hydrogen-bond donors (Lipinski definition) is 1. The van der Waals surface area contributed by atoms with Crippen LogP contribution >= 0.6 is 15.9 Å². The summed E-state index contributed by atoms with van der Waals surface area (Å²) in [5, 5.41) is 2.55. The monoisotopic (exact) mass is 360 g/mol. The number of anilines is 1. The summed E-state index contributed by atoms with van der Waals surface area (Å²) >= 11 is 2.89. The fourth-order valence-corrected chi connectivity index (χ4v) is 2.71. The lowest BCUT2D eigenvalue weighted by Crippen LogP contribution is -2.64. The third-order valence-corrected chi connectivity index (χ3v) is 4.00. The van der Waals surface area contributed by atoms with Gasteiger partial charge in [-0.2, -0.15) is 0 Å². The van der Waals surface area contributed by atoms with Gasteiger partial charge in [-0.25, -0.2) is 8.78 Å². The third kappa shape index (κ3) is 2.79. The highest BCUT2D eigenvalue weighted by Crippen LogP contribution is 2.31. The lowest BCUT2D eigenvalue weighted by atomic mass is 9.96. The van der Waals surface area contributed by atoms with Gasteiger partial charge in [0.2, 0.25) is 11.8 Å². The molecule has 1 aliphatic heterocycles. The van der Waals surface area contributed by atoms with E-state index in [1.165, 1.54) is 6.92 Å². The van der Waals surface area contributed by atoms with Gasteiger partial charge < -0.3 is 5.32 Å². The molecule has 0 aromatic heterocycles. The maximum atomic E-state index is 14.2. The van der Waals surface area contributed by atoms with E-state index in [2.05, 4.69) is 21.2 Å². The molecule has 1 aromatic carbocycles. The van der Waals surface area contributed by atoms with Crippen LogP contribution in [0.1, 0.15) is 20.8 Å². The van der Waals surface area contributed by atoms with Gasteiger partial charge in [-0.3, -0.25) is 14.5 Å².